The van der Waals surface area contributed by atoms with Crippen LogP contribution < -0.4 is 33.7 Å². The number of hydrogen-bond donors (Lipinski definition) is 1. The fourth-order valence-electron chi connectivity index (χ4n) is 6.81. The highest BCUT2D eigenvalue weighted by Crippen LogP contribution is 2.48. The Hall–Kier alpha value is -6.96. The monoisotopic (exact) mass is 1170 g/mol. The quantitative estimate of drug-likeness (QED) is 0.0268. The van der Waals surface area contributed by atoms with Crippen LogP contribution in [0.3, 0.4) is 0 Å². The van der Waals surface area contributed by atoms with E-state index in [2.05, 4.69) is 35.5 Å². The average Bonchev–Trinajstić information content (AvgIpc) is 4.28. The zero-order chi connectivity index (χ0) is 56.6. The fraction of sp³-hybridized carbons (Fsp3) is 0.386. The number of nitrogens with one attached hydrogen (secondary N) is 1. The molecule has 5 heterocycles. The average molecular weight is 1170 g/mol. The molecule has 8 rings (SSSR count). The van der Waals surface area contributed by atoms with Gasteiger partial charge in [0.2, 0.25) is 26.3 Å². The third-order valence-electron chi connectivity index (χ3n) is 10.7. The summed E-state index contributed by atoms with van der Waals surface area (Å²) in [5, 5.41) is 3.97. The topological polar surface area (TPSA) is 219 Å². The van der Waals surface area contributed by atoms with Crippen molar-refractivity contribution in [1.82, 2.24) is 10.2 Å². The lowest BCUT2D eigenvalue weighted by atomic mass is 10.1. The second kappa shape index (κ2) is 39.4. The van der Waals surface area contributed by atoms with Crippen LogP contribution in [-0.4, -0.2) is 128 Å². The van der Waals surface area contributed by atoms with Gasteiger partial charge < -0.3 is 61.9 Å². The van der Waals surface area contributed by atoms with Gasteiger partial charge in [-0.1, -0.05) is 83.1 Å². The highest BCUT2D eigenvalue weighted by atomic mass is 79.9. The van der Waals surface area contributed by atoms with E-state index in [1.165, 1.54) is 84.4 Å². The van der Waals surface area contributed by atoms with Crippen molar-refractivity contribution < 1.29 is 80.2 Å². The third-order valence-corrected chi connectivity index (χ3v) is 13.0. The maximum absolute atomic E-state index is 11.9. The first-order valence-electron chi connectivity index (χ1n) is 25.3. The molecule has 1 amide bonds. The van der Waals surface area contributed by atoms with Crippen LogP contribution in [0, 0.1) is 0 Å². The molecule has 0 atom stereocenters. The van der Waals surface area contributed by atoms with Crippen molar-refractivity contribution in [1.29, 1.82) is 0 Å². The molecule has 5 aliphatic heterocycles. The Morgan fingerprint density at radius 3 is 1.41 bits per heavy atom. The van der Waals surface area contributed by atoms with Gasteiger partial charge in [0.25, 0.3) is 0 Å². The van der Waals surface area contributed by atoms with Gasteiger partial charge in [-0.15, -0.1) is 0 Å². The molecule has 0 unspecified atom stereocenters. The van der Waals surface area contributed by atoms with E-state index >= 15 is 0 Å². The zero-order valence-electron chi connectivity index (χ0n) is 44.9. The van der Waals surface area contributed by atoms with E-state index in [0.717, 1.165) is 66.3 Å². The maximum Gasteiger partial charge on any atom is 0.334 e. The molecular weight excluding hydrogens is 1100 g/mol. The van der Waals surface area contributed by atoms with Gasteiger partial charge in [0.05, 0.1) is 40.7 Å². The molecule has 1 N–H and O–H groups in total. The molecule has 0 spiro atoms. The molecule has 3 aromatic carbocycles. The van der Waals surface area contributed by atoms with Gasteiger partial charge in [0.15, 0.2) is 34.5 Å². The number of nitrogens with zero attached hydrogens (tertiary/aromatic N) is 1. The van der Waals surface area contributed by atoms with Crippen molar-refractivity contribution >= 4 is 65.8 Å². The van der Waals surface area contributed by atoms with E-state index in [0.29, 0.717) is 35.6 Å². The minimum Gasteiger partial charge on any atom is -0.466 e. The van der Waals surface area contributed by atoms with Gasteiger partial charge in [0, 0.05) is 48.3 Å². The summed E-state index contributed by atoms with van der Waals surface area (Å²) < 4.78 is 66.2. The fourth-order valence-corrected chi connectivity index (χ4v) is 8.43. The molecule has 0 aromatic heterocycles. The van der Waals surface area contributed by atoms with Gasteiger partial charge in [0.1, 0.15) is 6.29 Å². The third kappa shape index (κ3) is 26.9. The summed E-state index contributed by atoms with van der Waals surface area (Å²) in [7, 11) is 0.884. The summed E-state index contributed by atoms with van der Waals surface area (Å²) in [4.78, 5) is 55.9. The van der Waals surface area contributed by atoms with E-state index in [-0.39, 0.29) is 44.4 Å². The number of benzene rings is 3. The van der Waals surface area contributed by atoms with Crippen molar-refractivity contribution in [2.75, 3.05) is 92.6 Å². The normalized spacial score (nSPS) is 14.7. The number of allylic oxidation sites excluding steroid dienone is 6. The Kier molecular flexibility index (Phi) is 33.0. The summed E-state index contributed by atoms with van der Waals surface area (Å²) >= 11 is 3.11. The SMILES string of the molecule is C1CCNCC1.CCOP(=O)(C/C=C/C(=O)OC)OCC.COC(=O)/C=C/C=C/c1ccc2c(c1)OCO2.COC(=O)/C=C/CBr.O=C(/C=C/C=C/c1ccc2c(c1)OCO2)N1CCCCC1.O=Cc1ccc2c(c1)OCO2. The number of likely N-dealkylation sites (tertiary alicyclic amines) is 1. The number of esters is 3. The minimum absolute atomic E-state index is 0.0732. The van der Waals surface area contributed by atoms with E-state index < -0.39 is 13.6 Å². The largest absolute Gasteiger partial charge is 0.466 e. The van der Waals surface area contributed by atoms with Crippen molar-refractivity contribution in [3.63, 3.8) is 0 Å². The lowest BCUT2D eigenvalue weighted by molar-refractivity contribution is -0.135. The Labute approximate surface area is 465 Å². The van der Waals surface area contributed by atoms with Crippen molar-refractivity contribution in [2.24, 2.45) is 0 Å². The number of rotatable bonds is 16. The van der Waals surface area contributed by atoms with Crippen LogP contribution in [0.4, 0.5) is 0 Å². The molecule has 5 aliphatic rings. The summed E-state index contributed by atoms with van der Waals surface area (Å²) in [6.07, 6.45) is 28.0. The second-order valence-corrected chi connectivity index (χ2v) is 19.0. The second-order valence-electron chi connectivity index (χ2n) is 16.2. The van der Waals surface area contributed by atoms with Crippen LogP contribution in [0.25, 0.3) is 12.2 Å². The summed E-state index contributed by atoms with van der Waals surface area (Å²) in [6.45, 7) is 9.15. The number of carbonyl (C=O) groups excluding carboxylic acids is 5. The Bertz CT molecular complexity index is 2530. The van der Waals surface area contributed by atoms with E-state index in [1.807, 2.05) is 59.5 Å². The molecular formula is C57H72BrN2O17P. The number of hydrogen-bond acceptors (Lipinski definition) is 18. The zero-order valence-corrected chi connectivity index (χ0v) is 47.4. The summed E-state index contributed by atoms with van der Waals surface area (Å²) in [5.74, 6) is 3.32. The number of fused-ring (bicyclic) bond motifs is 3. The molecule has 0 bridgehead atoms. The molecule has 3 aromatic rings. The van der Waals surface area contributed by atoms with Crippen LogP contribution in [0.5, 0.6) is 34.5 Å². The van der Waals surface area contributed by atoms with Crippen LogP contribution in [0.15, 0.2) is 115 Å². The number of ether oxygens (including phenoxy) is 9. The predicted octanol–water partition coefficient (Wildman–Crippen LogP) is 10.2. The van der Waals surface area contributed by atoms with Gasteiger partial charge in [-0.2, -0.15) is 0 Å². The number of amides is 1. The Morgan fingerprint density at radius 2 is 0.987 bits per heavy atom. The molecule has 2 fully saturated rings. The van der Waals surface area contributed by atoms with Crippen LogP contribution in [-0.2, 0) is 47.0 Å². The first kappa shape index (κ1) is 65.3. The molecule has 0 radical (unpaired) electrons. The standard InChI is InChI=1S/C17H19NO3.C13H12O4.C9H17O5P.C8H6O3.C5H7BrO2.C5H11N/c19-17(18-10-4-1-5-11-18)7-3-2-6-14-8-9-15-16(12-14)21-13-20-15;1-15-13(14)5-3-2-4-10-6-7-11-12(8-10)17-9-16-11;1-4-13-15(11,14-5-2)8-6-7-9(10)12-3;9-4-6-1-2-7-8(3-6)11-5-10-7;1-8-5(7)3-2-4-6;1-2-4-6-5-3-1/h2-3,6-9,12H,1,4-5,10-11,13H2;2-8H,9H2,1H3;6-7H,4-5,8H2,1-3H3;1-4H,5H2;2-3H,4H2,1H3;6H,1-5H2/b6-2+,7-3+;4-2+,5-3+;7-6+;;3-2+;. The number of methoxy groups -OCH3 is 3. The molecule has 0 saturated carbocycles. The Morgan fingerprint density at radius 1 is 0.564 bits per heavy atom. The predicted molar refractivity (Wildman–Crippen MR) is 300 cm³/mol. The van der Waals surface area contributed by atoms with Crippen molar-refractivity contribution in [2.45, 2.75) is 52.4 Å². The molecule has 2 saturated heterocycles. The lowest BCUT2D eigenvalue weighted by Crippen LogP contribution is -2.34. The smallest absolute Gasteiger partial charge is 0.334 e. The highest BCUT2D eigenvalue weighted by Gasteiger charge is 2.21. The van der Waals surface area contributed by atoms with Gasteiger partial charge in [-0.05, 0) is 113 Å². The maximum atomic E-state index is 11.9. The van der Waals surface area contributed by atoms with E-state index in [1.54, 1.807) is 62.4 Å². The highest BCUT2D eigenvalue weighted by molar-refractivity contribution is 9.09. The number of carbonyl (C=O) groups is 5. The summed E-state index contributed by atoms with van der Waals surface area (Å²) in [5.41, 5.74) is 2.60. The first-order chi connectivity index (χ1) is 37.9. The summed E-state index contributed by atoms with van der Waals surface area (Å²) in [6, 6.07) is 16.5. The number of halogens is 1. The number of piperidine rings is 2. The molecule has 78 heavy (non-hydrogen) atoms. The van der Waals surface area contributed by atoms with E-state index in [4.69, 9.17) is 37.5 Å². The van der Waals surface area contributed by atoms with Crippen molar-refractivity contribution in [3.8, 4) is 34.5 Å². The van der Waals surface area contributed by atoms with Crippen LogP contribution >= 0.6 is 23.5 Å². The molecule has 21 heteroatoms. The van der Waals surface area contributed by atoms with Crippen LogP contribution in [0.2, 0.25) is 0 Å². The van der Waals surface area contributed by atoms with Crippen LogP contribution in [0.1, 0.15) is 73.9 Å². The minimum atomic E-state index is -3.08. The number of aldehydes is 1. The lowest BCUT2D eigenvalue weighted by Gasteiger charge is -2.25. The number of alkyl halides is 1. The molecule has 19 nitrogen and oxygen atoms in total. The van der Waals surface area contributed by atoms with Crippen molar-refractivity contribution in [3.05, 3.63) is 132 Å². The molecule has 0 aliphatic carbocycles. The van der Waals surface area contributed by atoms with E-state index in [9.17, 15) is 28.5 Å². The van der Waals surface area contributed by atoms with Gasteiger partial charge in [-0.3, -0.25) is 14.2 Å². The first-order valence-corrected chi connectivity index (χ1v) is 28.1. The van der Waals surface area contributed by atoms with Gasteiger partial charge in [-0.25, -0.2) is 14.4 Å². The molecule has 424 valence electrons. The Balaban J connectivity index is 0.000000257. The van der Waals surface area contributed by atoms with Gasteiger partial charge >= 0.3 is 25.5 Å².